The fourth-order valence-electron chi connectivity index (χ4n) is 3.01. The molecule has 24 heavy (non-hydrogen) atoms. The van der Waals surface area contributed by atoms with Crippen LogP contribution in [0.5, 0.6) is 0 Å². The SMILES string of the molecule is COC(=O)CN1CCN(C(=O)c2ccc([C@H]3CCCN3)s2)CC1=O. The molecule has 1 aromatic rings. The van der Waals surface area contributed by atoms with E-state index in [-0.39, 0.29) is 24.9 Å². The quantitative estimate of drug-likeness (QED) is 0.805. The van der Waals surface area contributed by atoms with E-state index in [4.69, 9.17) is 0 Å². The maximum atomic E-state index is 12.6. The van der Waals surface area contributed by atoms with Crippen LogP contribution >= 0.6 is 11.3 Å². The summed E-state index contributed by atoms with van der Waals surface area (Å²) in [5, 5.41) is 3.42. The Hall–Kier alpha value is -1.93. The van der Waals surface area contributed by atoms with Crippen molar-refractivity contribution in [1.82, 2.24) is 15.1 Å². The number of amides is 2. The Labute approximate surface area is 144 Å². The number of hydrogen-bond acceptors (Lipinski definition) is 6. The normalized spacial score (nSPS) is 21.2. The first-order valence-corrected chi connectivity index (χ1v) is 8.87. The first-order chi connectivity index (χ1) is 11.6. The molecule has 7 nitrogen and oxygen atoms in total. The van der Waals surface area contributed by atoms with Crippen LogP contribution in [-0.4, -0.2) is 67.4 Å². The molecule has 3 rings (SSSR count). The number of carbonyl (C=O) groups excluding carboxylic acids is 3. The van der Waals surface area contributed by atoms with E-state index in [2.05, 4.69) is 10.1 Å². The fraction of sp³-hybridized carbons (Fsp3) is 0.562. The van der Waals surface area contributed by atoms with Crippen molar-refractivity contribution in [3.8, 4) is 0 Å². The summed E-state index contributed by atoms with van der Waals surface area (Å²) in [6.45, 7) is 1.74. The third kappa shape index (κ3) is 3.59. The molecule has 0 radical (unpaired) electrons. The number of nitrogens with zero attached hydrogens (tertiary/aromatic N) is 2. The van der Waals surface area contributed by atoms with E-state index < -0.39 is 5.97 Å². The van der Waals surface area contributed by atoms with Gasteiger partial charge in [-0.25, -0.2) is 0 Å². The van der Waals surface area contributed by atoms with Gasteiger partial charge in [-0.2, -0.15) is 0 Å². The van der Waals surface area contributed by atoms with Crippen molar-refractivity contribution in [2.75, 3.05) is 39.8 Å². The highest BCUT2D eigenvalue weighted by Gasteiger charge is 2.30. The second-order valence-electron chi connectivity index (χ2n) is 5.97. The third-order valence-electron chi connectivity index (χ3n) is 4.39. The largest absolute Gasteiger partial charge is 0.468 e. The van der Waals surface area contributed by atoms with E-state index in [1.807, 2.05) is 12.1 Å². The molecule has 2 saturated heterocycles. The molecule has 1 aromatic heterocycles. The average molecular weight is 351 g/mol. The zero-order valence-corrected chi connectivity index (χ0v) is 14.4. The van der Waals surface area contributed by atoms with E-state index in [1.165, 1.54) is 28.2 Å². The van der Waals surface area contributed by atoms with Crippen LogP contribution in [-0.2, 0) is 14.3 Å². The summed E-state index contributed by atoms with van der Waals surface area (Å²) in [6, 6.07) is 4.18. The number of rotatable bonds is 4. The zero-order chi connectivity index (χ0) is 17.1. The minimum absolute atomic E-state index is 0.00470. The van der Waals surface area contributed by atoms with Crippen molar-refractivity contribution in [2.45, 2.75) is 18.9 Å². The Morgan fingerprint density at radius 3 is 2.88 bits per heavy atom. The van der Waals surface area contributed by atoms with Crippen molar-refractivity contribution in [3.05, 3.63) is 21.9 Å². The van der Waals surface area contributed by atoms with Gasteiger partial charge in [0, 0.05) is 24.0 Å². The molecule has 2 aliphatic heterocycles. The number of methoxy groups -OCH3 is 1. The molecule has 0 aliphatic carbocycles. The number of piperazine rings is 1. The molecule has 8 heteroatoms. The van der Waals surface area contributed by atoms with Gasteiger partial charge in [0.2, 0.25) is 5.91 Å². The fourth-order valence-corrected chi connectivity index (χ4v) is 4.09. The standard InChI is InChI=1S/C16H21N3O4S/c1-23-15(21)10-18-7-8-19(9-14(18)20)16(22)13-5-4-12(24-13)11-3-2-6-17-11/h4-5,11,17H,2-3,6-10H2,1H3/t11-/m1/s1. The first kappa shape index (κ1) is 16.9. The molecule has 1 N–H and O–H groups in total. The Kier molecular flexibility index (Phi) is 5.15. The summed E-state index contributed by atoms with van der Waals surface area (Å²) in [7, 11) is 1.29. The number of nitrogens with one attached hydrogen (secondary N) is 1. The van der Waals surface area contributed by atoms with E-state index in [0.29, 0.717) is 24.0 Å². The monoisotopic (exact) mass is 351 g/mol. The topological polar surface area (TPSA) is 79.0 Å². The van der Waals surface area contributed by atoms with Crippen LogP contribution < -0.4 is 5.32 Å². The van der Waals surface area contributed by atoms with Gasteiger partial charge in [-0.05, 0) is 31.5 Å². The van der Waals surface area contributed by atoms with Gasteiger partial charge >= 0.3 is 5.97 Å². The molecule has 2 fully saturated rings. The number of hydrogen-bond donors (Lipinski definition) is 1. The van der Waals surface area contributed by atoms with Crippen LogP contribution in [0.1, 0.15) is 33.4 Å². The lowest BCUT2D eigenvalue weighted by molar-refractivity contribution is -0.148. The number of carbonyl (C=O) groups is 3. The van der Waals surface area contributed by atoms with Crippen LogP contribution in [0.3, 0.4) is 0 Å². The van der Waals surface area contributed by atoms with Crippen molar-refractivity contribution < 1.29 is 19.1 Å². The molecule has 0 unspecified atom stereocenters. The maximum Gasteiger partial charge on any atom is 0.325 e. The highest BCUT2D eigenvalue weighted by molar-refractivity contribution is 7.14. The van der Waals surface area contributed by atoms with Crippen molar-refractivity contribution >= 4 is 29.1 Å². The molecular weight excluding hydrogens is 330 g/mol. The molecule has 0 aromatic carbocycles. The lowest BCUT2D eigenvalue weighted by Crippen LogP contribution is -2.53. The van der Waals surface area contributed by atoms with Crippen LogP contribution in [0.15, 0.2) is 12.1 Å². The van der Waals surface area contributed by atoms with Crippen LogP contribution in [0.2, 0.25) is 0 Å². The van der Waals surface area contributed by atoms with E-state index in [0.717, 1.165) is 19.4 Å². The van der Waals surface area contributed by atoms with Gasteiger partial charge in [0.1, 0.15) is 13.1 Å². The van der Waals surface area contributed by atoms with Gasteiger partial charge in [-0.3, -0.25) is 14.4 Å². The van der Waals surface area contributed by atoms with Gasteiger partial charge in [-0.15, -0.1) is 11.3 Å². The molecular formula is C16H21N3O4S. The van der Waals surface area contributed by atoms with Crippen molar-refractivity contribution in [2.24, 2.45) is 0 Å². The van der Waals surface area contributed by atoms with E-state index in [9.17, 15) is 14.4 Å². The molecule has 2 amide bonds. The maximum absolute atomic E-state index is 12.6. The lowest BCUT2D eigenvalue weighted by atomic mass is 10.2. The van der Waals surface area contributed by atoms with E-state index in [1.54, 1.807) is 4.90 Å². The Morgan fingerprint density at radius 1 is 1.38 bits per heavy atom. The minimum atomic E-state index is -0.449. The van der Waals surface area contributed by atoms with Gasteiger partial charge in [0.25, 0.3) is 5.91 Å². The van der Waals surface area contributed by atoms with Crippen LogP contribution in [0.4, 0.5) is 0 Å². The second kappa shape index (κ2) is 7.31. The minimum Gasteiger partial charge on any atom is -0.468 e. The highest BCUT2D eigenvalue weighted by Crippen LogP contribution is 2.30. The Morgan fingerprint density at radius 2 is 2.21 bits per heavy atom. The molecule has 0 saturated carbocycles. The number of thiophene rings is 1. The number of esters is 1. The number of ether oxygens (including phenoxy) is 1. The Balaban J connectivity index is 1.60. The van der Waals surface area contributed by atoms with Gasteiger partial charge in [0.05, 0.1) is 12.0 Å². The molecule has 130 valence electrons. The lowest BCUT2D eigenvalue weighted by Gasteiger charge is -2.33. The molecule has 0 spiro atoms. The molecule has 3 heterocycles. The summed E-state index contributed by atoms with van der Waals surface area (Å²) in [4.78, 5) is 40.8. The summed E-state index contributed by atoms with van der Waals surface area (Å²) in [5.41, 5.74) is 0. The van der Waals surface area contributed by atoms with Gasteiger partial charge in [-0.1, -0.05) is 0 Å². The summed E-state index contributed by atoms with van der Waals surface area (Å²) >= 11 is 1.50. The summed E-state index contributed by atoms with van der Waals surface area (Å²) in [6.07, 6.45) is 2.25. The summed E-state index contributed by atoms with van der Waals surface area (Å²) < 4.78 is 4.58. The molecule has 2 aliphatic rings. The predicted octanol–water partition coefficient (Wildman–Crippen LogP) is 0.630. The smallest absolute Gasteiger partial charge is 0.325 e. The molecule has 1 atom stereocenters. The van der Waals surface area contributed by atoms with Gasteiger partial charge in [0.15, 0.2) is 0 Å². The zero-order valence-electron chi connectivity index (χ0n) is 13.6. The summed E-state index contributed by atoms with van der Waals surface area (Å²) in [5.74, 6) is -0.792. The van der Waals surface area contributed by atoms with Crippen LogP contribution in [0.25, 0.3) is 0 Å². The second-order valence-corrected chi connectivity index (χ2v) is 7.08. The Bertz CT molecular complexity index is 639. The van der Waals surface area contributed by atoms with E-state index >= 15 is 0 Å². The van der Waals surface area contributed by atoms with Crippen LogP contribution in [0, 0.1) is 0 Å². The van der Waals surface area contributed by atoms with Gasteiger partial charge < -0.3 is 19.9 Å². The average Bonchev–Trinajstić information content (AvgIpc) is 3.26. The predicted molar refractivity (Wildman–Crippen MR) is 88.8 cm³/mol. The third-order valence-corrected chi connectivity index (χ3v) is 5.58. The van der Waals surface area contributed by atoms with Crippen molar-refractivity contribution in [1.29, 1.82) is 0 Å². The first-order valence-electron chi connectivity index (χ1n) is 8.05. The molecule has 0 bridgehead atoms. The highest BCUT2D eigenvalue weighted by atomic mass is 32.1. The van der Waals surface area contributed by atoms with Crippen molar-refractivity contribution in [3.63, 3.8) is 0 Å².